The van der Waals surface area contributed by atoms with Gasteiger partial charge in [0.05, 0.1) is 20.3 Å². The molecule has 5 nitrogen and oxygen atoms in total. The zero-order valence-corrected chi connectivity index (χ0v) is 14.5. The number of carbonyl (C=O) groups is 2. The van der Waals surface area contributed by atoms with Crippen LogP contribution in [-0.2, 0) is 19.1 Å². The van der Waals surface area contributed by atoms with Crippen molar-refractivity contribution >= 4 is 17.5 Å². The van der Waals surface area contributed by atoms with Crippen molar-refractivity contribution in [2.75, 3.05) is 20.3 Å². The van der Waals surface area contributed by atoms with Crippen LogP contribution in [0.5, 0.6) is 5.75 Å². The molecule has 0 aromatic heterocycles. The Kier molecular flexibility index (Phi) is 5.65. The molecule has 5 heteroatoms. The van der Waals surface area contributed by atoms with Crippen LogP contribution in [0, 0.1) is 11.3 Å². The first-order valence-electron chi connectivity index (χ1n) is 8.18. The van der Waals surface area contributed by atoms with E-state index in [9.17, 15) is 9.59 Å². The molecule has 24 heavy (non-hydrogen) atoms. The molecule has 1 saturated carbocycles. The van der Waals surface area contributed by atoms with Crippen LogP contribution in [0.15, 0.2) is 30.8 Å². The fraction of sp³-hybridized carbons (Fsp3) is 0.474. The zero-order valence-electron chi connectivity index (χ0n) is 14.5. The molecule has 0 saturated heterocycles. The van der Waals surface area contributed by atoms with Crippen LogP contribution in [0.2, 0.25) is 0 Å². The summed E-state index contributed by atoms with van der Waals surface area (Å²) in [6.07, 6.45) is 1.12. The summed E-state index contributed by atoms with van der Waals surface area (Å²) in [5.74, 6) is -0.616. The molecule has 1 aliphatic carbocycles. The molecule has 0 radical (unpaired) electrons. The Balaban J connectivity index is 2.30. The lowest BCUT2D eigenvalue weighted by Gasteiger charge is -2.45. The maximum Gasteiger partial charge on any atom is 0.324 e. The molecule has 0 heterocycles. The molecule has 1 unspecified atom stereocenters. The van der Waals surface area contributed by atoms with Crippen molar-refractivity contribution in [3.8, 4) is 5.75 Å². The predicted molar refractivity (Wildman–Crippen MR) is 90.5 cm³/mol. The fourth-order valence-corrected chi connectivity index (χ4v) is 3.15. The minimum atomic E-state index is -1.27. The van der Waals surface area contributed by atoms with Gasteiger partial charge < -0.3 is 14.2 Å². The average molecular weight is 332 g/mol. The van der Waals surface area contributed by atoms with Gasteiger partial charge in [-0.2, -0.15) is 0 Å². The topological polar surface area (TPSA) is 61.8 Å². The molecular weight excluding hydrogens is 308 g/mol. The summed E-state index contributed by atoms with van der Waals surface area (Å²) in [6, 6.07) is 7.41. The third kappa shape index (κ3) is 3.03. The summed E-state index contributed by atoms with van der Waals surface area (Å²) in [5.41, 5.74) is 0.340. The van der Waals surface area contributed by atoms with E-state index in [4.69, 9.17) is 14.2 Å². The molecule has 130 valence electrons. The highest BCUT2D eigenvalue weighted by molar-refractivity contribution is 6.03. The van der Waals surface area contributed by atoms with Crippen molar-refractivity contribution in [3.05, 3.63) is 36.4 Å². The first-order valence-corrected chi connectivity index (χ1v) is 8.18. The van der Waals surface area contributed by atoms with Crippen molar-refractivity contribution in [2.45, 2.75) is 26.7 Å². The van der Waals surface area contributed by atoms with Crippen LogP contribution in [0.1, 0.15) is 32.3 Å². The molecule has 1 aliphatic rings. The van der Waals surface area contributed by atoms with Crippen LogP contribution in [-0.4, -0.2) is 32.3 Å². The van der Waals surface area contributed by atoms with Crippen LogP contribution < -0.4 is 4.74 Å². The number of methoxy groups -OCH3 is 1. The number of hydrogen-bond donors (Lipinski definition) is 0. The van der Waals surface area contributed by atoms with E-state index < -0.39 is 17.4 Å². The van der Waals surface area contributed by atoms with E-state index >= 15 is 0 Å². The van der Waals surface area contributed by atoms with Gasteiger partial charge in [-0.05, 0) is 50.0 Å². The van der Waals surface area contributed by atoms with Gasteiger partial charge in [-0.1, -0.05) is 18.7 Å². The lowest BCUT2D eigenvalue weighted by molar-refractivity contribution is -0.183. The molecule has 2 rings (SSSR count). The van der Waals surface area contributed by atoms with Gasteiger partial charge in [0.2, 0.25) is 0 Å². The fourth-order valence-electron chi connectivity index (χ4n) is 3.15. The van der Waals surface area contributed by atoms with Crippen LogP contribution in [0.25, 0.3) is 5.57 Å². The molecule has 0 bridgehead atoms. The van der Waals surface area contributed by atoms with Gasteiger partial charge >= 0.3 is 11.9 Å². The van der Waals surface area contributed by atoms with Gasteiger partial charge in [-0.3, -0.25) is 9.59 Å². The molecule has 0 aliphatic heterocycles. The highest BCUT2D eigenvalue weighted by Gasteiger charge is 2.61. The minimum Gasteiger partial charge on any atom is -0.497 e. The summed E-state index contributed by atoms with van der Waals surface area (Å²) in [4.78, 5) is 25.1. The van der Waals surface area contributed by atoms with E-state index in [1.807, 2.05) is 24.3 Å². The molecule has 0 spiro atoms. The highest BCUT2D eigenvalue weighted by atomic mass is 16.6. The summed E-state index contributed by atoms with van der Waals surface area (Å²) in [5, 5.41) is 0. The molecular formula is C19H24O5. The molecule has 1 aromatic rings. The Bertz CT molecular complexity index is 599. The summed E-state index contributed by atoms with van der Waals surface area (Å²) in [7, 11) is 1.60. The number of carbonyl (C=O) groups excluding carboxylic acids is 2. The minimum absolute atomic E-state index is 0.224. The Morgan fingerprint density at radius 1 is 1.12 bits per heavy atom. The second-order valence-electron chi connectivity index (χ2n) is 5.76. The third-order valence-electron chi connectivity index (χ3n) is 4.58. The zero-order chi connectivity index (χ0) is 17.7. The monoisotopic (exact) mass is 332 g/mol. The first-order chi connectivity index (χ1) is 11.5. The second-order valence-corrected chi connectivity index (χ2v) is 5.76. The number of benzene rings is 1. The maximum absolute atomic E-state index is 12.5. The SMILES string of the molecule is C=C(c1ccc(OC)cc1)C1CCC1(C(=O)OCC)C(=O)OCC. The van der Waals surface area contributed by atoms with Crippen molar-refractivity contribution in [1.29, 1.82) is 0 Å². The van der Waals surface area contributed by atoms with Crippen LogP contribution in [0.4, 0.5) is 0 Å². The van der Waals surface area contributed by atoms with Gasteiger partial charge in [0.15, 0.2) is 5.41 Å². The van der Waals surface area contributed by atoms with Gasteiger partial charge in [0.1, 0.15) is 5.75 Å². The lowest BCUT2D eigenvalue weighted by atomic mass is 9.56. The van der Waals surface area contributed by atoms with Gasteiger partial charge in [0.25, 0.3) is 0 Å². The third-order valence-corrected chi connectivity index (χ3v) is 4.58. The quantitative estimate of drug-likeness (QED) is 0.567. The Hall–Kier alpha value is -2.30. The van der Waals surface area contributed by atoms with E-state index in [0.717, 1.165) is 16.9 Å². The highest BCUT2D eigenvalue weighted by Crippen LogP contribution is 2.54. The van der Waals surface area contributed by atoms with Crippen molar-refractivity contribution in [3.63, 3.8) is 0 Å². The first kappa shape index (κ1) is 18.0. The van der Waals surface area contributed by atoms with Gasteiger partial charge in [-0.15, -0.1) is 0 Å². The van der Waals surface area contributed by atoms with Gasteiger partial charge in [0, 0.05) is 5.92 Å². The normalized spacial score (nSPS) is 18.2. The largest absolute Gasteiger partial charge is 0.497 e. The van der Waals surface area contributed by atoms with Crippen LogP contribution in [0.3, 0.4) is 0 Å². The second kappa shape index (κ2) is 7.51. The number of allylic oxidation sites excluding steroid dienone is 1. The summed E-state index contributed by atoms with van der Waals surface area (Å²) in [6.45, 7) is 8.02. The predicted octanol–water partition coefficient (Wildman–Crippen LogP) is 3.23. The molecule has 1 fully saturated rings. The smallest absolute Gasteiger partial charge is 0.324 e. The number of hydrogen-bond acceptors (Lipinski definition) is 5. The van der Waals surface area contributed by atoms with E-state index in [1.54, 1.807) is 21.0 Å². The van der Waals surface area contributed by atoms with Gasteiger partial charge in [-0.25, -0.2) is 0 Å². The van der Waals surface area contributed by atoms with Crippen LogP contribution >= 0.6 is 0 Å². The van der Waals surface area contributed by atoms with Crippen molar-refractivity contribution < 1.29 is 23.8 Å². The van der Waals surface area contributed by atoms with E-state index in [2.05, 4.69) is 6.58 Å². The molecule has 1 aromatic carbocycles. The Morgan fingerprint density at radius 3 is 2.04 bits per heavy atom. The number of esters is 2. The Morgan fingerprint density at radius 2 is 1.67 bits per heavy atom. The van der Waals surface area contributed by atoms with E-state index in [-0.39, 0.29) is 19.1 Å². The standard InChI is InChI=1S/C19H24O5/c1-5-23-17(20)19(18(21)24-6-2)12-11-16(19)13(3)14-7-9-15(22-4)10-8-14/h7-10,16H,3,5-6,11-12H2,1-2,4H3. The molecule has 0 amide bonds. The summed E-state index contributed by atoms with van der Waals surface area (Å²) < 4.78 is 15.5. The van der Waals surface area contributed by atoms with E-state index in [1.165, 1.54) is 0 Å². The molecule has 0 N–H and O–H groups in total. The average Bonchev–Trinajstić information content (AvgIpc) is 2.55. The van der Waals surface area contributed by atoms with Crippen molar-refractivity contribution in [1.82, 2.24) is 0 Å². The van der Waals surface area contributed by atoms with Crippen molar-refractivity contribution in [2.24, 2.45) is 11.3 Å². The van der Waals surface area contributed by atoms with E-state index in [0.29, 0.717) is 12.8 Å². The molecule has 1 atom stereocenters. The maximum atomic E-state index is 12.5. The number of ether oxygens (including phenoxy) is 3. The summed E-state index contributed by atoms with van der Waals surface area (Å²) >= 11 is 0. The number of rotatable bonds is 7. The lowest BCUT2D eigenvalue weighted by Crippen LogP contribution is -2.54. The Labute approximate surface area is 142 Å².